The number of Topliss-reactive ketones (excluding diaryl/α,β-unsaturated/α-hetero) is 1. The number of rotatable bonds is 10. The van der Waals surface area contributed by atoms with E-state index in [-0.39, 0.29) is 12.4 Å². The molecule has 0 aliphatic heterocycles. The Morgan fingerprint density at radius 2 is 1.89 bits per heavy atom. The third kappa shape index (κ3) is 6.08. The molecule has 0 fully saturated rings. The summed E-state index contributed by atoms with van der Waals surface area (Å²) in [5, 5.41) is 10.5. The van der Waals surface area contributed by atoms with Gasteiger partial charge in [-0.1, -0.05) is 42.5 Å². The highest BCUT2D eigenvalue weighted by atomic mass is 16.5. The van der Waals surface area contributed by atoms with E-state index in [2.05, 4.69) is 17.0 Å². The van der Waals surface area contributed by atoms with Gasteiger partial charge in [-0.25, -0.2) is 0 Å². The van der Waals surface area contributed by atoms with Crippen LogP contribution in [0.1, 0.15) is 28.6 Å². The molecule has 0 amide bonds. The van der Waals surface area contributed by atoms with Crippen molar-refractivity contribution in [3.63, 3.8) is 0 Å². The highest BCUT2D eigenvalue weighted by Crippen LogP contribution is 2.15. The third-order valence-corrected chi connectivity index (χ3v) is 4.36. The smallest absolute Gasteiger partial charge is 0.159 e. The van der Waals surface area contributed by atoms with E-state index in [1.165, 1.54) is 6.92 Å². The van der Waals surface area contributed by atoms with Crippen molar-refractivity contribution in [2.75, 3.05) is 13.2 Å². The lowest BCUT2D eigenvalue weighted by molar-refractivity contribution is 0.0604. The van der Waals surface area contributed by atoms with E-state index in [0.29, 0.717) is 30.9 Å². The lowest BCUT2D eigenvalue weighted by atomic mass is 10.1. The van der Waals surface area contributed by atoms with Gasteiger partial charge in [-0.05, 0) is 36.8 Å². The van der Waals surface area contributed by atoms with Gasteiger partial charge in [0.25, 0.3) is 0 Å². The number of ketones is 1. The zero-order valence-electron chi connectivity index (χ0n) is 16.0. The van der Waals surface area contributed by atoms with Gasteiger partial charge in [-0.2, -0.15) is 0 Å². The molecule has 1 unspecified atom stereocenters. The van der Waals surface area contributed by atoms with E-state index in [4.69, 9.17) is 9.15 Å². The molecule has 146 valence electrons. The number of benzene rings is 2. The minimum atomic E-state index is -0.681. The molecule has 1 aromatic heterocycles. The topological polar surface area (TPSA) is 62.9 Å². The summed E-state index contributed by atoms with van der Waals surface area (Å²) in [4.78, 5) is 13.6. The summed E-state index contributed by atoms with van der Waals surface area (Å²) in [6.45, 7) is 3.38. The second kappa shape index (κ2) is 9.88. The van der Waals surface area contributed by atoms with Gasteiger partial charge in [0.2, 0.25) is 0 Å². The van der Waals surface area contributed by atoms with Gasteiger partial charge in [0.1, 0.15) is 24.2 Å². The normalized spacial score (nSPS) is 12.1. The molecule has 0 spiro atoms. The molecule has 1 N–H and O–H groups in total. The van der Waals surface area contributed by atoms with Crippen LogP contribution in [0.15, 0.2) is 77.4 Å². The molecule has 3 rings (SSSR count). The Morgan fingerprint density at radius 3 is 2.61 bits per heavy atom. The second-order valence-electron chi connectivity index (χ2n) is 6.78. The molecule has 0 saturated heterocycles. The second-order valence-corrected chi connectivity index (χ2v) is 6.78. The number of carbonyl (C=O) groups is 1. The van der Waals surface area contributed by atoms with Crippen LogP contribution in [0.2, 0.25) is 0 Å². The summed E-state index contributed by atoms with van der Waals surface area (Å²) < 4.78 is 11.2. The predicted octanol–water partition coefficient (Wildman–Crippen LogP) is 3.92. The molecule has 5 heteroatoms. The Morgan fingerprint density at radius 1 is 1.07 bits per heavy atom. The van der Waals surface area contributed by atoms with Gasteiger partial charge >= 0.3 is 0 Å². The van der Waals surface area contributed by atoms with E-state index in [0.717, 1.165) is 11.3 Å². The van der Waals surface area contributed by atoms with Crippen LogP contribution in [0, 0.1) is 0 Å². The van der Waals surface area contributed by atoms with Crippen molar-refractivity contribution in [2.24, 2.45) is 0 Å². The van der Waals surface area contributed by atoms with Crippen molar-refractivity contribution in [2.45, 2.75) is 26.1 Å². The fraction of sp³-hybridized carbons (Fsp3) is 0.261. The van der Waals surface area contributed by atoms with E-state index < -0.39 is 6.10 Å². The fourth-order valence-corrected chi connectivity index (χ4v) is 3.00. The van der Waals surface area contributed by atoms with E-state index in [1.54, 1.807) is 30.5 Å². The summed E-state index contributed by atoms with van der Waals surface area (Å²) >= 11 is 0. The fourth-order valence-electron chi connectivity index (χ4n) is 3.00. The minimum Gasteiger partial charge on any atom is -0.491 e. The Balaban J connectivity index is 1.59. The molecule has 28 heavy (non-hydrogen) atoms. The first kappa shape index (κ1) is 19.9. The number of furan rings is 1. The van der Waals surface area contributed by atoms with E-state index in [1.807, 2.05) is 30.3 Å². The van der Waals surface area contributed by atoms with Gasteiger partial charge in [-0.15, -0.1) is 0 Å². The van der Waals surface area contributed by atoms with Crippen LogP contribution in [0.4, 0.5) is 0 Å². The van der Waals surface area contributed by atoms with E-state index >= 15 is 0 Å². The van der Waals surface area contributed by atoms with Crippen LogP contribution < -0.4 is 4.74 Å². The van der Waals surface area contributed by atoms with Crippen LogP contribution in [-0.2, 0) is 13.1 Å². The van der Waals surface area contributed by atoms with Crippen LogP contribution in [0.3, 0.4) is 0 Å². The number of hydrogen-bond acceptors (Lipinski definition) is 5. The maximum Gasteiger partial charge on any atom is 0.159 e. The largest absolute Gasteiger partial charge is 0.491 e. The SMILES string of the molecule is CC(=O)c1cccc(OCC(O)CN(Cc2ccccc2)Cc2ccco2)c1. The number of aliphatic hydroxyl groups excluding tert-OH is 1. The molecular weight excluding hydrogens is 354 g/mol. The maximum atomic E-state index is 11.5. The van der Waals surface area contributed by atoms with Gasteiger partial charge in [0.15, 0.2) is 5.78 Å². The third-order valence-electron chi connectivity index (χ3n) is 4.36. The summed E-state index contributed by atoms with van der Waals surface area (Å²) in [6.07, 6.45) is 0.970. The number of nitrogens with zero attached hydrogens (tertiary/aromatic N) is 1. The van der Waals surface area contributed by atoms with Gasteiger partial charge in [0, 0.05) is 18.7 Å². The highest BCUT2D eigenvalue weighted by Gasteiger charge is 2.15. The molecule has 0 bridgehead atoms. The quantitative estimate of drug-likeness (QED) is 0.541. The van der Waals surface area contributed by atoms with Crippen LogP contribution in [-0.4, -0.2) is 35.0 Å². The molecule has 0 radical (unpaired) electrons. The number of aliphatic hydroxyl groups is 1. The minimum absolute atomic E-state index is 0.0153. The number of ether oxygens (including phenoxy) is 1. The van der Waals surface area contributed by atoms with Crippen molar-refractivity contribution in [1.82, 2.24) is 4.90 Å². The van der Waals surface area contributed by atoms with Crippen molar-refractivity contribution in [3.8, 4) is 5.75 Å². The van der Waals surface area contributed by atoms with Crippen molar-refractivity contribution in [1.29, 1.82) is 0 Å². The summed E-state index contributed by atoms with van der Waals surface area (Å²) in [6, 6.07) is 20.9. The molecule has 1 atom stereocenters. The molecule has 0 aliphatic carbocycles. The molecule has 0 saturated carbocycles. The van der Waals surface area contributed by atoms with Crippen molar-refractivity contribution in [3.05, 3.63) is 89.9 Å². The van der Waals surface area contributed by atoms with Gasteiger partial charge < -0.3 is 14.3 Å². The predicted molar refractivity (Wildman–Crippen MR) is 107 cm³/mol. The van der Waals surface area contributed by atoms with Gasteiger partial charge in [0.05, 0.1) is 12.8 Å². The Hall–Kier alpha value is -2.89. The monoisotopic (exact) mass is 379 g/mol. The standard InChI is InChI=1S/C23H25NO4/c1-18(25)20-9-5-10-22(13-20)28-17-21(26)15-24(16-23-11-6-12-27-23)14-19-7-3-2-4-8-19/h2-13,21,26H,14-17H2,1H3. The van der Waals surface area contributed by atoms with Crippen LogP contribution in [0.25, 0.3) is 0 Å². The average molecular weight is 379 g/mol. The first-order chi connectivity index (χ1) is 13.6. The zero-order chi connectivity index (χ0) is 19.8. The summed E-state index contributed by atoms with van der Waals surface area (Å²) in [5.41, 5.74) is 1.76. The molecule has 5 nitrogen and oxygen atoms in total. The first-order valence-corrected chi connectivity index (χ1v) is 9.30. The first-order valence-electron chi connectivity index (χ1n) is 9.30. The molecular formula is C23H25NO4. The Kier molecular flexibility index (Phi) is 7.00. The average Bonchev–Trinajstić information content (AvgIpc) is 3.20. The Bertz CT molecular complexity index is 861. The lowest BCUT2D eigenvalue weighted by Crippen LogP contribution is -2.35. The lowest BCUT2D eigenvalue weighted by Gasteiger charge is -2.24. The zero-order valence-corrected chi connectivity index (χ0v) is 16.0. The summed E-state index contributed by atoms with van der Waals surface area (Å²) in [5.74, 6) is 1.41. The molecule has 3 aromatic rings. The van der Waals surface area contributed by atoms with Crippen molar-refractivity contribution < 1.29 is 19.1 Å². The van der Waals surface area contributed by atoms with Gasteiger partial charge in [-0.3, -0.25) is 9.69 Å². The maximum absolute atomic E-state index is 11.5. The number of hydrogen-bond donors (Lipinski definition) is 1. The van der Waals surface area contributed by atoms with Crippen LogP contribution in [0.5, 0.6) is 5.75 Å². The van der Waals surface area contributed by atoms with Crippen molar-refractivity contribution >= 4 is 5.78 Å². The highest BCUT2D eigenvalue weighted by molar-refractivity contribution is 5.94. The molecule has 2 aromatic carbocycles. The molecule has 0 aliphatic rings. The van der Waals surface area contributed by atoms with E-state index in [9.17, 15) is 9.90 Å². The molecule has 1 heterocycles. The van der Waals surface area contributed by atoms with Crippen LogP contribution >= 0.6 is 0 Å². The summed E-state index contributed by atoms with van der Waals surface area (Å²) in [7, 11) is 0. The number of carbonyl (C=O) groups excluding carboxylic acids is 1. The Labute approximate surface area is 165 Å².